The van der Waals surface area contributed by atoms with Crippen molar-refractivity contribution in [3.8, 4) is 11.1 Å². The van der Waals surface area contributed by atoms with Crippen LogP contribution in [-0.2, 0) is 13.0 Å². The predicted molar refractivity (Wildman–Crippen MR) is 151 cm³/mol. The number of likely N-dealkylation sites (tertiary alicyclic amines) is 1. The van der Waals surface area contributed by atoms with Gasteiger partial charge >= 0.3 is 0 Å². The fraction of sp³-hybridized carbons (Fsp3) is 0.355. The quantitative estimate of drug-likeness (QED) is 0.433. The van der Waals surface area contributed by atoms with Crippen molar-refractivity contribution >= 4 is 22.6 Å². The molecule has 4 aromatic rings. The molecule has 0 unspecified atom stereocenters. The molecular weight excluding hydrogens is 472 g/mol. The van der Waals surface area contributed by atoms with E-state index in [0.717, 1.165) is 90.0 Å². The zero-order valence-electron chi connectivity index (χ0n) is 22.4. The molecule has 2 aromatic heterocycles. The van der Waals surface area contributed by atoms with Crippen molar-refractivity contribution in [3.63, 3.8) is 0 Å². The Hall–Kier alpha value is -3.84. The average Bonchev–Trinajstić information content (AvgIpc) is 2.96. The van der Waals surface area contributed by atoms with E-state index in [1.54, 1.807) is 6.33 Å². The van der Waals surface area contributed by atoms with Gasteiger partial charge < -0.3 is 15.1 Å². The molecule has 194 valence electrons. The van der Waals surface area contributed by atoms with Gasteiger partial charge in [0.2, 0.25) is 0 Å². The van der Waals surface area contributed by atoms with E-state index in [2.05, 4.69) is 64.4 Å². The summed E-state index contributed by atoms with van der Waals surface area (Å²) in [5.41, 5.74) is 8.74. The number of carbonyl (C=O) groups excluding carboxylic acids is 1. The van der Waals surface area contributed by atoms with Crippen molar-refractivity contribution in [2.45, 2.75) is 45.7 Å². The third kappa shape index (κ3) is 4.63. The van der Waals surface area contributed by atoms with E-state index in [9.17, 15) is 4.79 Å². The number of pyridine rings is 1. The summed E-state index contributed by atoms with van der Waals surface area (Å²) >= 11 is 0. The van der Waals surface area contributed by atoms with Crippen LogP contribution in [0.25, 0.3) is 22.0 Å². The number of anilines is 1. The van der Waals surface area contributed by atoms with E-state index in [1.807, 2.05) is 30.4 Å². The summed E-state index contributed by atoms with van der Waals surface area (Å²) in [6, 6.07) is 13.3. The Morgan fingerprint density at radius 2 is 1.79 bits per heavy atom. The lowest BCUT2D eigenvalue weighted by Gasteiger charge is -2.33. The predicted octanol–water partition coefficient (Wildman–Crippen LogP) is 4.70. The normalized spacial score (nSPS) is 16.1. The van der Waals surface area contributed by atoms with Gasteiger partial charge in [-0.25, -0.2) is 9.97 Å². The number of hydrogen-bond donors (Lipinski definition) is 1. The number of hydrogen-bond acceptors (Lipinski definition) is 6. The van der Waals surface area contributed by atoms with Crippen molar-refractivity contribution < 1.29 is 4.79 Å². The van der Waals surface area contributed by atoms with E-state index >= 15 is 0 Å². The van der Waals surface area contributed by atoms with Gasteiger partial charge in [-0.15, -0.1) is 0 Å². The van der Waals surface area contributed by atoms with E-state index < -0.39 is 0 Å². The molecule has 4 heterocycles. The molecule has 0 saturated carbocycles. The molecule has 1 amide bonds. The van der Waals surface area contributed by atoms with E-state index in [0.29, 0.717) is 6.04 Å². The Kier molecular flexibility index (Phi) is 6.54. The van der Waals surface area contributed by atoms with Crippen LogP contribution in [-0.4, -0.2) is 58.5 Å². The van der Waals surface area contributed by atoms with Crippen LogP contribution in [0.15, 0.2) is 55.1 Å². The maximum Gasteiger partial charge on any atom is 0.253 e. The molecule has 6 rings (SSSR count). The molecule has 38 heavy (non-hydrogen) atoms. The third-order valence-corrected chi connectivity index (χ3v) is 8.07. The fourth-order valence-corrected chi connectivity index (χ4v) is 5.89. The maximum atomic E-state index is 13.3. The summed E-state index contributed by atoms with van der Waals surface area (Å²) < 4.78 is 0. The van der Waals surface area contributed by atoms with E-state index in [-0.39, 0.29) is 5.91 Å². The summed E-state index contributed by atoms with van der Waals surface area (Å²) in [5, 5.41) is 4.39. The number of benzene rings is 2. The molecule has 0 aliphatic carbocycles. The largest absolute Gasteiger partial charge is 0.351 e. The maximum absolute atomic E-state index is 13.3. The zero-order chi connectivity index (χ0) is 26.2. The van der Waals surface area contributed by atoms with Crippen molar-refractivity contribution in [3.05, 3.63) is 82.9 Å². The van der Waals surface area contributed by atoms with Gasteiger partial charge in [-0.2, -0.15) is 0 Å². The monoisotopic (exact) mass is 506 g/mol. The van der Waals surface area contributed by atoms with Gasteiger partial charge in [0, 0.05) is 61.1 Å². The van der Waals surface area contributed by atoms with Crippen molar-refractivity contribution in [2.75, 3.05) is 31.6 Å². The molecule has 7 heteroatoms. The molecule has 1 saturated heterocycles. The number of amides is 1. The van der Waals surface area contributed by atoms with Crippen LogP contribution in [0, 0.1) is 13.8 Å². The Morgan fingerprint density at radius 3 is 2.58 bits per heavy atom. The molecule has 1 fully saturated rings. The highest BCUT2D eigenvalue weighted by Gasteiger charge is 2.25. The van der Waals surface area contributed by atoms with Crippen LogP contribution >= 0.6 is 0 Å². The SMILES string of the molecule is CNC1CCN(C(=O)c2ccc3c(c2)CN(c2ncnc4c(C)cc(-c5cncc(C)c5)cc24)CC3)CC1. The number of fused-ring (bicyclic) bond motifs is 2. The van der Waals surface area contributed by atoms with Gasteiger partial charge in [0.15, 0.2) is 0 Å². The highest BCUT2D eigenvalue weighted by molar-refractivity contribution is 5.96. The van der Waals surface area contributed by atoms with Crippen LogP contribution in [0.4, 0.5) is 5.82 Å². The summed E-state index contributed by atoms with van der Waals surface area (Å²) in [6.07, 6.45) is 8.38. The first-order valence-electron chi connectivity index (χ1n) is 13.5. The zero-order valence-corrected chi connectivity index (χ0v) is 22.4. The average molecular weight is 507 g/mol. The Bertz CT molecular complexity index is 1510. The lowest BCUT2D eigenvalue weighted by atomic mass is 9.95. The van der Waals surface area contributed by atoms with Crippen LogP contribution < -0.4 is 10.2 Å². The number of aryl methyl sites for hydroxylation is 2. The molecule has 0 atom stereocenters. The minimum absolute atomic E-state index is 0.138. The Morgan fingerprint density at radius 1 is 0.947 bits per heavy atom. The summed E-state index contributed by atoms with van der Waals surface area (Å²) in [5.74, 6) is 1.08. The van der Waals surface area contributed by atoms with Crippen molar-refractivity contribution in [1.82, 2.24) is 25.2 Å². The molecular formula is C31H34N6O. The third-order valence-electron chi connectivity index (χ3n) is 8.07. The molecule has 1 N–H and O–H groups in total. The van der Waals surface area contributed by atoms with Crippen LogP contribution in [0.2, 0.25) is 0 Å². The summed E-state index contributed by atoms with van der Waals surface area (Å²) in [4.78, 5) is 31.4. The van der Waals surface area contributed by atoms with Gasteiger partial charge in [-0.1, -0.05) is 6.07 Å². The number of nitrogens with one attached hydrogen (secondary N) is 1. The number of piperidine rings is 1. The van der Waals surface area contributed by atoms with E-state index in [1.165, 1.54) is 11.1 Å². The van der Waals surface area contributed by atoms with Crippen molar-refractivity contribution in [2.24, 2.45) is 0 Å². The number of aromatic nitrogens is 3. The highest BCUT2D eigenvalue weighted by Crippen LogP contribution is 2.33. The number of rotatable bonds is 4. The van der Waals surface area contributed by atoms with Gasteiger partial charge in [0.05, 0.1) is 5.52 Å². The fourth-order valence-electron chi connectivity index (χ4n) is 5.89. The summed E-state index contributed by atoms with van der Waals surface area (Å²) in [7, 11) is 2.00. The van der Waals surface area contributed by atoms with E-state index in [4.69, 9.17) is 4.98 Å². The molecule has 0 bridgehead atoms. The Labute approximate surface area is 223 Å². The lowest BCUT2D eigenvalue weighted by Crippen LogP contribution is -2.44. The van der Waals surface area contributed by atoms with Gasteiger partial charge in [-0.3, -0.25) is 9.78 Å². The Balaban J connectivity index is 1.30. The smallest absolute Gasteiger partial charge is 0.253 e. The van der Waals surface area contributed by atoms with Gasteiger partial charge in [0.25, 0.3) is 5.91 Å². The van der Waals surface area contributed by atoms with Crippen LogP contribution in [0.3, 0.4) is 0 Å². The standard InChI is InChI=1S/C31H34N6O/c1-20-12-25(17-33-16-20)24-13-21(2)29-28(15-24)30(35-19-34-29)37-9-6-22-4-5-23(14-26(22)18-37)31(38)36-10-7-27(32-3)8-11-36/h4-5,12-17,19,27,32H,6-11,18H2,1-3H3. The minimum Gasteiger partial charge on any atom is -0.351 e. The molecule has 2 aliphatic rings. The first-order valence-corrected chi connectivity index (χ1v) is 13.5. The van der Waals surface area contributed by atoms with Crippen LogP contribution in [0.5, 0.6) is 0 Å². The van der Waals surface area contributed by atoms with Gasteiger partial charge in [-0.05, 0) is 98.3 Å². The highest BCUT2D eigenvalue weighted by atomic mass is 16.2. The van der Waals surface area contributed by atoms with Crippen molar-refractivity contribution in [1.29, 1.82) is 0 Å². The second-order valence-corrected chi connectivity index (χ2v) is 10.6. The summed E-state index contributed by atoms with van der Waals surface area (Å²) in [6.45, 7) is 7.37. The minimum atomic E-state index is 0.138. The molecule has 0 radical (unpaired) electrons. The molecule has 7 nitrogen and oxygen atoms in total. The second kappa shape index (κ2) is 10.1. The molecule has 2 aliphatic heterocycles. The lowest BCUT2D eigenvalue weighted by molar-refractivity contribution is 0.0707. The van der Waals surface area contributed by atoms with Crippen LogP contribution in [0.1, 0.15) is 45.5 Å². The topological polar surface area (TPSA) is 74.2 Å². The number of carbonyl (C=O) groups is 1. The first-order chi connectivity index (χ1) is 18.5. The molecule has 0 spiro atoms. The molecule has 2 aromatic carbocycles. The first kappa shape index (κ1) is 24.5. The second-order valence-electron chi connectivity index (χ2n) is 10.6. The number of nitrogens with zero attached hydrogens (tertiary/aromatic N) is 5. The van der Waals surface area contributed by atoms with Gasteiger partial charge in [0.1, 0.15) is 12.1 Å².